The number of aromatic amines is 1. The molecular weight excluding hydrogens is 522 g/mol. The monoisotopic (exact) mass is 557 g/mol. The summed E-state index contributed by atoms with van der Waals surface area (Å²) in [6, 6.07) is 5.19. The number of unbranched alkanes of at least 4 members (excludes halogenated alkanes) is 2. The van der Waals surface area contributed by atoms with Crippen LogP contribution < -0.4 is 32.6 Å². The van der Waals surface area contributed by atoms with Gasteiger partial charge in [0.2, 0.25) is 5.95 Å². The number of nitrogens with zero attached hydrogens (tertiary/aromatic N) is 1. The molecule has 1 aliphatic heterocycles. The van der Waals surface area contributed by atoms with E-state index in [0.717, 1.165) is 24.9 Å². The Morgan fingerprint density at radius 1 is 1.24 bits per heavy atom. The summed E-state index contributed by atoms with van der Waals surface area (Å²) in [4.78, 5) is 54.5. The molecule has 0 aliphatic carbocycles. The van der Waals surface area contributed by atoms with Crippen LogP contribution >= 0.6 is 0 Å². The number of carboxylic acid groups (broad SMARTS) is 1. The van der Waals surface area contributed by atoms with Crippen molar-refractivity contribution in [3.63, 3.8) is 0 Å². The third-order valence-electron chi connectivity index (χ3n) is 5.75. The van der Waals surface area contributed by atoms with Gasteiger partial charge in [-0.1, -0.05) is 19.8 Å². The van der Waals surface area contributed by atoms with Gasteiger partial charge in [0.25, 0.3) is 11.5 Å². The molecule has 1 amide bonds. The van der Waals surface area contributed by atoms with Crippen molar-refractivity contribution in [2.45, 2.75) is 51.1 Å². The summed E-state index contributed by atoms with van der Waals surface area (Å²) in [7, 11) is 0. The number of rotatable bonds is 13. The Morgan fingerprint density at radius 3 is 2.66 bits per heavy atom. The van der Waals surface area contributed by atoms with Gasteiger partial charge in [0.1, 0.15) is 11.7 Å². The number of hydrogen-bond acceptors (Lipinski definition) is 10. The molecule has 1 aromatic heterocycles. The number of nitrogens with two attached hydrogens (primary N) is 1. The molecule has 38 heavy (non-hydrogen) atoms. The van der Waals surface area contributed by atoms with Crippen LogP contribution in [-0.2, 0) is 14.3 Å². The molecule has 0 spiro atoms. The number of H-pyrrole nitrogens is 1. The maximum absolute atomic E-state index is 12.6. The van der Waals surface area contributed by atoms with Crippen LogP contribution in [0.4, 0.5) is 23.1 Å². The molecule has 0 saturated carbocycles. The van der Waals surface area contributed by atoms with Crippen molar-refractivity contribution >= 4 is 78.7 Å². The van der Waals surface area contributed by atoms with Gasteiger partial charge in [-0.3, -0.25) is 19.4 Å². The van der Waals surface area contributed by atoms with Crippen molar-refractivity contribution < 1.29 is 24.2 Å². The van der Waals surface area contributed by atoms with Gasteiger partial charge in [-0.15, -0.1) is 0 Å². The summed E-state index contributed by atoms with van der Waals surface area (Å²) in [6.45, 7) is 3.33. The molecule has 204 valence electrons. The number of carboxylic acids is 1. The van der Waals surface area contributed by atoms with Crippen molar-refractivity contribution in [1.29, 1.82) is 0 Å². The van der Waals surface area contributed by atoms with E-state index in [0.29, 0.717) is 31.2 Å². The number of amides is 1. The van der Waals surface area contributed by atoms with Crippen LogP contribution in [0.1, 0.15) is 49.4 Å². The van der Waals surface area contributed by atoms with Crippen molar-refractivity contribution in [2.75, 3.05) is 41.4 Å². The zero-order valence-corrected chi connectivity index (χ0v) is 20.6. The van der Waals surface area contributed by atoms with Crippen molar-refractivity contribution in [2.24, 2.45) is 0 Å². The summed E-state index contributed by atoms with van der Waals surface area (Å²) < 4.78 is 5.09. The maximum atomic E-state index is 12.6. The summed E-state index contributed by atoms with van der Waals surface area (Å²) in [5.74, 6) is -1.83. The van der Waals surface area contributed by atoms with E-state index in [4.69, 9.17) is 10.5 Å². The first-order chi connectivity index (χ1) is 17.8. The summed E-state index contributed by atoms with van der Waals surface area (Å²) in [6.07, 6.45) is 2.55. The molecule has 2 unspecified atom stereocenters. The standard InChI is InChI=1S/C24H33N7O6.Ca.2H/c1-2-3-4-11-37-18(32)10-9-17(23(35)36)29-21(33)14-5-7-15(8-6-14)26-12-16-13-27-20-19(28-16)22(34)31-24(25)30-20;;;/h5-8,16-17,26,28H,2-4,9-13H2,1H3,(H,29,33)(H,35,36)(H4,25,27,30,31,34);;;. The SMILES string of the molecule is CCCCCOC(=O)CCC(NC(=O)c1ccc(NCC2CNc3nc(N)[nH]c(=O)c3N2)cc1)C(=O)O.[CaH2]. The predicted octanol–water partition coefficient (Wildman–Crippen LogP) is 0.451. The first-order valence-electron chi connectivity index (χ1n) is 12.2. The van der Waals surface area contributed by atoms with E-state index in [1.165, 1.54) is 0 Å². The molecule has 0 fully saturated rings. The third-order valence-corrected chi connectivity index (χ3v) is 5.75. The molecule has 2 aromatic rings. The molecule has 0 bridgehead atoms. The van der Waals surface area contributed by atoms with Crippen molar-refractivity contribution in [3.8, 4) is 0 Å². The number of benzene rings is 1. The molecule has 2 atom stereocenters. The van der Waals surface area contributed by atoms with Crippen LogP contribution in [0.25, 0.3) is 0 Å². The Hall–Kier alpha value is -3.03. The van der Waals surface area contributed by atoms with Gasteiger partial charge in [-0.25, -0.2) is 4.79 Å². The van der Waals surface area contributed by atoms with E-state index in [1.807, 2.05) is 6.92 Å². The molecular formula is C24H35CaN7O6. The Kier molecular flexibility index (Phi) is 12.6. The van der Waals surface area contributed by atoms with E-state index in [2.05, 4.69) is 31.2 Å². The summed E-state index contributed by atoms with van der Waals surface area (Å²) in [5, 5.41) is 21.3. The molecule has 0 radical (unpaired) electrons. The predicted molar refractivity (Wildman–Crippen MR) is 147 cm³/mol. The van der Waals surface area contributed by atoms with Gasteiger partial charge in [0.15, 0.2) is 5.82 Å². The zero-order chi connectivity index (χ0) is 26.8. The second-order valence-electron chi connectivity index (χ2n) is 8.69. The Bertz CT molecular complexity index is 1160. The number of carbonyl (C=O) groups excluding carboxylic acids is 2. The number of carbonyl (C=O) groups is 3. The molecule has 1 aromatic carbocycles. The molecule has 2 heterocycles. The molecule has 0 saturated heterocycles. The number of nitrogens with one attached hydrogen (secondary N) is 5. The van der Waals surface area contributed by atoms with E-state index in [1.54, 1.807) is 24.3 Å². The van der Waals surface area contributed by atoms with Gasteiger partial charge >= 0.3 is 49.7 Å². The average molecular weight is 558 g/mol. The van der Waals surface area contributed by atoms with Gasteiger partial charge in [-0.2, -0.15) is 4.98 Å². The average Bonchev–Trinajstić information content (AvgIpc) is 2.88. The molecule has 14 heteroatoms. The number of nitrogen functional groups attached to an aromatic ring is 1. The van der Waals surface area contributed by atoms with Gasteiger partial charge in [0, 0.05) is 30.8 Å². The Labute approximate surface area is 249 Å². The fraction of sp³-hybridized carbons (Fsp3) is 0.458. The second-order valence-corrected chi connectivity index (χ2v) is 8.69. The summed E-state index contributed by atoms with van der Waals surface area (Å²) in [5.41, 5.74) is 6.52. The number of aromatic nitrogens is 2. The zero-order valence-electron chi connectivity index (χ0n) is 20.6. The third kappa shape index (κ3) is 9.37. The van der Waals surface area contributed by atoms with E-state index in [-0.39, 0.29) is 73.7 Å². The Balaban J connectivity index is 0.00000507. The first-order valence-corrected chi connectivity index (χ1v) is 12.2. The number of ether oxygens (including phenoxy) is 1. The van der Waals surface area contributed by atoms with Crippen LogP contribution in [0.5, 0.6) is 0 Å². The minimum absolute atomic E-state index is 0. The van der Waals surface area contributed by atoms with Crippen LogP contribution in [0, 0.1) is 0 Å². The second kappa shape index (κ2) is 15.4. The van der Waals surface area contributed by atoms with Gasteiger partial charge < -0.3 is 36.8 Å². The summed E-state index contributed by atoms with van der Waals surface area (Å²) >= 11 is 0. The quantitative estimate of drug-likeness (QED) is 0.102. The Morgan fingerprint density at radius 2 is 1.97 bits per heavy atom. The van der Waals surface area contributed by atoms with Crippen LogP contribution in [0.15, 0.2) is 29.1 Å². The normalized spacial score (nSPS) is 14.5. The fourth-order valence-electron chi connectivity index (χ4n) is 3.70. The number of fused-ring (bicyclic) bond motifs is 1. The molecule has 3 rings (SSSR count). The van der Waals surface area contributed by atoms with Gasteiger partial charge in [0.05, 0.1) is 12.6 Å². The first kappa shape index (κ1) is 31.2. The minimum atomic E-state index is -1.22. The van der Waals surface area contributed by atoms with E-state index in [9.17, 15) is 24.3 Å². The van der Waals surface area contributed by atoms with Gasteiger partial charge in [-0.05, 0) is 37.1 Å². The van der Waals surface area contributed by atoms with Crippen LogP contribution in [-0.4, -0.2) is 102 Å². The van der Waals surface area contributed by atoms with E-state index < -0.39 is 23.9 Å². The number of anilines is 4. The topological polar surface area (TPSA) is 201 Å². The van der Waals surface area contributed by atoms with Crippen molar-refractivity contribution in [1.82, 2.24) is 15.3 Å². The van der Waals surface area contributed by atoms with Crippen LogP contribution in [0.3, 0.4) is 0 Å². The number of esters is 1. The fourth-order valence-corrected chi connectivity index (χ4v) is 3.70. The number of hydrogen-bond donors (Lipinski definition) is 7. The molecule has 13 nitrogen and oxygen atoms in total. The van der Waals surface area contributed by atoms with Crippen molar-refractivity contribution in [3.05, 3.63) is 40.2 Å². The number of aliphatic carboxylic acids is 1. The molecule has 8 N–H and O–H groups in total. The van der Waals surface area contributed by atoms with Crippen LogP contribution in [0.2, 0.25) is 0 Å². The van der Waals surface area contributed by atoms with E-state index >= 15 is 0 Å². The molecule has 1 aliphatic rings.